The molecule has 0 bridgehead atoms. The van der Waals surface area contributed by atoms with Crippen LogP contribution in [0.5, 0.6) is 0 Å². The van der Waals surface area contributed by atoms with Crippen molar-refractivity contribution in [1.29, 1.82) is 0 Å². The number of carbonyl (C=O) groups is 1. The van der Waals surface area contributed by atoms with Crippen LogP contribution in [0.1, 0.15) is 34.2 Å². The molecule has 134 valence electrons. The van der Waals surface area contributed by atoms with Crippen LogP contribution in [0.4, 0.5) is 0 Å². The SMILES string of the molecule is CCOCc1ccccc1CNC(=O)c1cc(-c2ccc(C)cc2)no1. The van der Waals surface area contributed by atoms with Crippen molar-refractivity contribution in [3.8, 4) is 11.3 Å². The first-order chi connectivity index (χ1) is 12.7. The second-order valence-corrected chi connectivity index (χ2v) is 6.03. The third kappa shape index (κ3) is 4.37. The Kier molecular flexibility index (Phi) is 5.81. The summed E-state index contributed by atoms with van der Waals surface area (Å²) in [6.07, 6.45) is 0. The third-order valence-electron chi connectivity index (χ3n) is 4.10. The van der Waals surface area contributed by atoms with E-state index < -0.39 is 0 Å². The molecule has 5 nitrogen and oxygen atoms in total. The van der Waals surface area contributed by atoms with E-state index in [1.165, 1.54) is 5.56 Å². The molecule has 2 aromatic carbocycles. The van der Waals surface area contributed by atoms with E-state index in [0.29, 0.717) is 25.5 Å². The van der Waals surface area contributed by atoms with Gasteiger partial charge in [0, 0.05) is 24.8 Å². The number of ether oxygens (including phenoxy) is 1. The Labute approximate surface area is 153 Å². The minimum Gasteiger partial charge on any atom is -0.377 e. The summed E-state index contributed by atoms with van der Waals surface area (Å²) < 4.78 is 10.7. The summed E-state index contributed by atoms with van der Waals surface area (Å²) in [7, 11) is 0. The van der Waals surface area contributed by atoms with Crippen LogP contribution in [0.2, 0.25) is 0 Å². The number of rotatable bonds is 7. The Morgan fingerprint density at radius 2 is 1.85 bits per heavy atom. The molecule has 0 radical (unpaired) electrons. The van der Waals surface area contributed by atoms with E-state index in [0.717, 1.165) is 16.7 Å². The number of nitrogens with one attached hydrogen (secondary N) is 1. The van der Waals surface area contributed by atoms with Gasteiger partial charge in [0.1, 0.15) is 5.69 Å². The van der Waals surface area contributed by atoms with Crippen LogP contribution in [0, 0.1) is 6.92 Å². The quantitative estimate of drug-likeness (QED) is 0.696. The maximum Gasteiger partial charge on any atom is 0.290 e. The Balaban J connectivity index is 1.65. The van der Waals surface area contributed by atoms with Gasteiger partial charge in [-0.25, -0.2) is 0 Å². The highest BCUT2D eigenvalue weighted by Gasteiger charge is 2.14. The molecule has 1 heterocycles. The zero-order valence-corrected chi connectivity index (χ0v) is 15.0. The van der Waals surface area contributed by atoms with E-state index >= 15 is 0 Å². The number of amides is 1. The fourth-order valence-electron chi connectivity index (χ4n) is 2.59. The predicted molar refractivity (Wildman–Crippen MR) is 99.6 cm³/mol. The molecule has 0 saturated heterocycles. The lowest BCUT2D eigenvalue weighted by Crippen LogP contribution is -2.23. The molecule has 1 amide bonds. The minimum atomic E-state index is -0.290. The second-order valence-electron chi connectivity index (χ2n) is 6.03. The van der Waals surface area contributed by atoms with Gasteiger partial charge in [-0.3, -0.25) is 4.79 Å². The van der Waals surface area contributed by atoms with E-state index in [1.54, 1.807) is 6.07 Å². The van der Waals surface area contributed by atoms with Crippen molar-refractivity contribution in [1.82, 2.24) is 10.5 Å². The second kappa shape index (κ2) is 8.45. The van der Waals surface area contributed by atoms with E-state index in [9.17, 15) is 4.79 Å². The van der Waals surface area contributed by atoms with Gasteiger partial charge in [-0.2, -0.15) is 0 Å². The van der Waals surface area contributed by atoms with Crippen LogP contribution in [-0.2, 0) is 17.9 Å². The monoisotopic (exact) mass is 350 g/mol. The molecule has 0 aliphatic carbocycles. The van der Waals surface area contributed by atoms with E-state index in [4.69, 9.17) is 9.26 Å². The van der Waals surface area contributed by atoms with Crippen LogP contribution in [0.3, 0.4) is 0 Å². The smallest absolute Gasteiger partial charge is 0.290 e. The fraction of sp³-hybridized carbons (Fsp3) is 0.238. The lowest BCUT2D eigenvalue weighted by Gasteiger charge is -2.09. The Morgan fingerprint density at radius 3 is 2.58 bits per heavy atom. The molecule has 5 heteroatoms. The van der Waals surface area contributed by atoms with Gasteiger partial charge in [-0.05, 0) is 25.0 Å². The predicted octanol–water partition coefficient (Wildman–Crippen LogP) is 4.12. The van der Waals surface area contributed by atoms with Crippen molar-refractivity contribution in [3.63, 3.8) is 0 Å². The van der Waals surface area contributed by atoms with Gasteiger partial charge in [0.25, 0.3) is 5.91 Å². The summed E-state index contributed by atoms with van der Waals surface area (Å²) in [6, 6.07) is 17.5. The molecule has 26 heavy (non-hydrogen) atoms. The molecular formula is C21H22N2O3. The highest BCUT2D eigenvalue weighted by molar-refractivity contribution is 5.92. The molecule has 0 saturated carbocycles. The zero-order valence-electron chi connectivity index (χ0n) is 15.0. The van der Waals surface area contributed by atoms with Crippen LogP contribution < -0.4 is 5.32 Å². The number of aryl methyl sites for hydroxylation is 1. The Hall–Kier alpha value is -2.92. The summed E-state index contributed by atoms with van der Waals surface area (Å²) >= 11 is 0. The van der Waals surface area contributed by atoms with Gasteiger partial charge in [-0.1, -0.05) is 59.3 Å². The molecule has 0 unspecified atom stereocenters. The molecule has 1 N–H and O–H groups in total. The fourth-order valence-corrected chi connectivity index (χ4v) is 2.59. The average Bonchev–Trinajstić information content (AvgIpc) is 3.16. The van der Waals surface area contributed by atoms with Crippen LogP contribution >= 0.6 is 0 Å². The van der Waals surface area contributed by atoms with Gasteiger partial charge in [0.2, 0.25) is 5.76 Å². The first kappa shape index (κ1) is 17.9. The molecule has 0 spiro atoms. The van der Waals surface area contributed by atoms with Crippen molar-refractivity contribution >= 4 is 5.91 Å². The summed E-state index contributed by atoms with van der Waals surface area (Å²) in [5.41, 5.74) is 4.81. The summed E-state index contributed by atoms with van der Waals surface area (Å²) in [4.78, 5) is 12.4. The number of carbonyl (C=O) groups excluding carboxylic acids is 1. The van der Waals surface area contributed by atoms with Crippen molar-refractivity contribution in [2.24, 2.45) is 0 Å². The normalized spacial score (nSPS) is 10.7. The topological polar surface area (TPSA) is 64.4 Å². The lowest BCUT2D eigenvalue weighted by molar-refractivity contribution is 0.0913. The molecule has 0 aliphatic heterocycles. The summed E-state index contributed by atoms with van der Waals surface area (Å²) in [5, 5.41) is 6.87. The third-order valence-corrected chi connectivity index (χ3v) is 4.10. The molecule has 3 rings (SSSR count). The maximum absolute atomic E-state index is 12.4. The summed E-state index contributed by atoms with van der Waals surface area (Å²) in [5.74, 6) is -0.0926. The summed E-state index contributed by atoms with van der Waals surface area (Å²) in [6.45, 7) is 5.57. The number of benzene rings is 2. The average molecular weight is 350 g/mol. The van der Waals surface area contributed by atoms with Crippen LogP contribution in [-0.4, -0.2) is 17.7 Å². The van der Waals surface area contributed by atoms with Gasteiger partial charge in [0.15, 0.2) is 0 Å². The highest BCUT2D eigenvalue weighted by atomic mass is 16.5. The molecule has 0 aliphatic rings. The first-order valence-corrected chi connectivity index (χ1v) is 8.64. The van der Waals surface area contributed by atoms with Crippen LogP contribution in [0.15, 0.2) is 59.1 Å². The van der Waals surface area contributed by atoms with Crippen molar-refractivity contribution in [2.75, 3.05) is 6.61 Å². The highest BCUT2D eigenvalue weighted by Crippen LogP contribution is 2.19. The number of hydrogen-bond donors (Lipinski definition) is 1. The van der Waals surface area contributed by atoms with E-state index in [2.05, 4.69) is 10.5 Å². The van der Waals surface area contributed by atoms with Crippen molar-refractivity contribution in [2.45, 2.75) is 27.0 Å². The first-order valence-electron chi connectivity index (χ1n) is 8.64. The van der Waals surface area contributed by atoms with E-state index in [-0.39, 0.29) is 11.7 Å². The molecule has 0 fully saturated rings. The van der Waals surface area contributed by atoms with Gasteiger partial charge in [-0.15, -0.1) is 0 Å². The van der Waals surface area contributed by atoms with E-state index in [1.807, 2.05) is 62.4 Å². The zero-order chi connectivity index (χ0) is 18.4. The van der Waals surface area contributed by atoms with Gasteiger partial charge in [0.05, 0.1) is 6.61 Å². The largest absolute Gasteiger partial charge is 0.377 e. The molecule has 3 aromatic rings. The van der Waals surface area contributed by atoms with Gasteiger partial charge < -0.3 is 14.6 Å². The van der Waals surface area contributed by atoms with Crippen LogP contribution in [0.25, 0.3) is 11.3 Å². The Morgan fingerprint density at radius 1 is 1.12 bits per heavy atom. The van der Waals surface area contributed by atoms with Gasteiger partial charge >= 0.3 is 0 Å². The number of aromatic nitrogens is 1. The number of nitrogens with zero attached hydrogens (tertiary/aromatic N) is 1. The maximum atomic E-state index is 12.4. The Bertz CT molecular complexity index is 869. The standard InChI is InChI=1S/C21H22N2O3/c1-3-25-14-18-7-5-4-6-17(18)13-22-21(24)20-12-19(23-26-20)16-10-8-15(2)9-11-16/h4-12H,3,13-14H2,1-2H3,(H,22,24). The van der Waals surface area contributed by atoms with Crippen molar-refractivity contribution < 1.29 is 14.1 Å². The minimum absolute atomic E-state index is 0.197. The molecular weight excluding hydrogens is 328 g/mol. The lowest BCUT2D eigenvalue weighted by atomic mass is 10.1. The van der Waals surface area contributed by atoms with Crippen molar-refractivity contribution in [3.05, 3.63) is 77.0 Å². The molecule has 0 atom stereocenters. The molecule has 1 aromatic heterocycles. The number of hydrogen-bond acceptors (Lipinski definition) is 4.